The summed E-state index contributed by atoms with van der Waals surface area (Å²) in [6.45, 7) is 2.33. The fourth-order valence-corrected chi connectivity index (χ4v) is 3.95. The third kappa shape index (κ3) is 3.12. The molecule has 1 aliphatic rings. The Hall–Kier alpha value is -3.62. The SMILES string of the molecule is Cc1noc([C@H]2CCCN2C(=O)c2cc(-c3cnn(C)c3)nc3cc(F)ccc23)n1. The average molecular weight is 406 g/mol. The highest BCUT2D eigenvalue weighted by atomic mass is 19.1. The van der Waals surface area contributed by atoms with E-state index in [9.17, 15) is 9.18 Å². The van der Waals surface area contributed by atoms with Gasteiger partial charge in [-0.2, -0.15) is 10.1 Å². The second kappa shape index (κ2) is 7.01. The summed E-state index contributed by atoms with van der Waals surface area (Å²) in [5, 5.41) is 8.63. The van der Waals surface area contributed by atoms with Gasteiger partial charge in [-0.3, -0.25) is 9.48 Å². The summed E-state index contributed by atoms with van der Waals surface area (Å²) in [4.78, 5) is 24.2. The molecular formula is C21H19FN6O2. The molecule has 0 spiro atoms. The van der Waals surface area contributed by atoms with Gasteiger partial charge in [0.05, 0.1) is 23.0 Å². The molecule has 3 aromatic heterocycles. The van der Waals surface area contributed by atoms with Gasteiger partial charge in [0.1, 0.15) is 11.9 Å². The zero-order chi connectivity index (χ0) is 20.8. The molecule has 0 bridgehead atoms. The summed E-state index contributed by atoms with van der Waals surface area (Å²) in [7, 11) is 1.80. The monoisotopic (exact) mass is 406 g/mol. The van der Waals surface area contributed by atoms with E-state index < -0.39 is 5.82 Å². The predicted molar refractivity (Wildman–Crippen MR) is 106 cm³/mol. The molecule has 0 N–H and O–H groups in total. The Morgan fingerprint density at radius 3 is 2.87 bits per heavy atom. The van der Waals surface area contributed by atoms with Crippen LogP contribution in [0.3, 0.4) is 0 Å². The highest BCUT2D eigenvalue weighted by Gasteiger charge is 2.35. The predicted octanol–water partition coefficient (Wildman–Crippen LogP) is 3.44. The van der Waals surface area contributed by atoms with Crippen LogP contribution < -0.4 is 0 Å². The summed E-state index contributed by atoms with van der Waals surface area (Å²) >= 11 is 0. The third-order valence-corrected chi connectivity index (χ3v) is 5.34. The maximum atomic E-state index is 13.9. The highest BCUT2D eigenvalue weighted by Crippen LogP contribution is 2.34. The van der Waals surface area contributed by atoms with E-state index >= 15 is 0 Å². The van der Waals surface area contributed by atoms with Crippen LogP contribution in [0.5, 0.6) is 0 Å². The van der Waals surface area contributed by atoms with Gasteiger partial charge >= 0.3 is 0 Å². The second-order valence-electron chi connectivity index (χ2n) is 7.46. The zero-order valence-electron chi connectivity index (χ0n) is 16.5. The lowest BCUT2D eigenvalue weighted by Crippen LogP contribution is -2.31. The summed E-state index contributed by atoms with van der Waals surface area (Å²) in [5.41, 5.74) is 2.20. The number of pyridine rings is 1. The molecule has 9 heteroatoms. The number of likely N-dealkylation sites (tertiary alicyclic amines) is 1. The first kappa shape index (κ1) is 18.4. The molecule has 1 amide bonds. The van der Waals surface area contributed by atoms with Crippen LogP contribution >= 0.6 is 0 Å². The van der Waals surface area contributed by atoms with E-state index in [1.165, 1.54) is 12.1 Å². The number of carbonyl (C=O) groups is 1. The van der Waals surface area contributed by atoms with Crippen LogP contribution in [-0.4, -0.2) is 42.3 Å². The van der Waals surface area contributed by atoms with E-state index in [0.29, 0.717) is 40.4 Å². The molecule has 1 fully saturated rings. The van der Waals surface area contributed by atoms with E-state index in [-0.39, 0.29) is 11.9 Å². The van der Waals surface area contributed by atoms with E-state index in [4.69, 9.17) is 4.52 Å². The Morgan fingerprint density at radius 2 is 2.13 bits per heavy atom. The first-order valence-electron chi connectivity index (χ1n) is 9.70. The van der Waals surface area contributed by atoms with Crippen molar-refractivity contribution in [2.24, 2.45) is 7.05 Å². The van der Waals surface area contributed by atoms with Gasteiger partial charge in [0.25, 0.3) is 5.91 Å². The minimum atomic E-state index is -0.405. The first-order valence-corrected chi connectivity index (χ1v) is 9.70. The molecule has 1 atom stereocenters. The highest BCUT2D eigenvalue weighted by molar-refractivity contribution is 6.07. The molecule has 30 heavy (non-hydrogen) atoms. The number of hydrogen-bond donors (Lipinski definition) is 0. The number of hydrogen-bond acceptors (Lipinski definition) is 6. The number of amides is 1. The van der Waals surface area contributed by atoms with Crippen molar-refractivity contribution in [3.8, 4) is 11.3 Å². The van der Waals surface area contributed by atoms with Crippen molar-refractivity contribution in [3.63, 3.8) is 0 Å². The molecule has 152 valence electrons. The maximum Gasteiger partial charge on any atom is 0.255 e. The molecule has 8 nitrogen and oxygen atoms in total. The lowest BCUT2D eigenvalue weighted by Gasteiger charge is -2.23. The lowest BCUT2D eigenvalue weighted by molar-refractivity contribution is 0.0712. The van der Waals surface area contributed by atoms with Crippen LogP contribution in [0.1, 0.15) is 41.0 Å². The largest absolute Gasteiger partial charge is 0.337 e. The molecular weight excluding hydrogens is 387 g/mol. The average Bonchev–Trinajstić information content (AvgIpc) is 3.46. The van der Waals surface area contributed by atoms with E-state index in [2.05, 4.69) is 20.2 Å². The summed E-state index contributed by atoms with van der Waals surface area (Å²) in [5.74, 6) is 0.401. The van der Waals surface area contributed by atoms with Crippen molar-refractivity contribution < 1.29 is 13.7 Å². The molecule has 0 saturated carbocycles. The van der Waals surface area contributed by atoms with Gasteiger partial charge in [-0.05, 0) is 38.0 Å². The van der Waals surface area contributed by atoms with Crippen LogP contribution in [0.25, 0.3) is 22.2 Å². The Balaban J connectivity index is 1.62. The van der Waals surface area contributed by atoms with E-state index in [0.717, 1.165) is 18.4 Å². The summed E-state index contributed by atoms with van der Waals surface area (Å²) in [6, 6.07) is 5.75. The second-order valence-corrected chi connectivity index (χ2v) is 7.46. The molecule has 4 aromatic rings. The van der Waals surface area contributed by atoms with E-state index in [1.807, 2.05) is 6.20 Å². The maximum absolute atomic E-state index is 13.9. The van der Waals surface area contributed by atoms with Crippen molar-refractivity contribution in [3.05, 3.63) is 59.8 Å². The molecule has 5 rings (SSSR count). The number of carbonyl (C=O) groups excluding carboxylic acids is 1. The molecule has 0 unspecified atom stereocenters. The molecule has 0 radical (unpaired) electrons. The Kier molecular flexibility index (Phi) is 4.30. The van der Waals surface area contributed by atoms with Crippen molar-refractivity contribution in [1.82, 2.24) is 29.8 Å². The lowest BCUT2D eigenvalue weighted by atomic mass is 10.0. The normalized spacial score (nSPS) is 16.5. The van der Waals surface area contributed by atoms with Gasteiger partial charge < -0.3 is 9.42 Å². The summed E-state index contributed by atoms with van der Waals surface area (Å²) in [6.07, 6.45) is 5.06. The van der Waals surface area contributed by atoms with Crippen molar-refractivity contribution in [2.75, 3.05) is 6.54 Å². The fourth-order valence-electron chi connectivity index (χ4n) is 3.95. The fraction of sp³-hybridized carbons (Fsp3) is 0.286. The molecule has 4 heterocycles. The van der Waals surface area contributed by atoms with E-state index in [1.54, 1.807) is 41.9 Å². The Morgan fingerprint density at radius 1 is 1.27 bits per heavy atom. The molecule has 1 aromatic carbocycles. The van der Waals surface area contributed by atoms with Crippen LogP contribution in [0, 0.1) is 12.7 Å². The van der Waals surface area contributed by atoms with Crippen molar-refractivity contribution in [1.29, 1.82) is 0 Å². The van der Waals surface area contributed by atoms with Crippen LogP contribution in [0.4, 0.5) is 4.39 Å². The van der Waals surface area contributed by atoms with Crippen LogP contribution in [-0.2, 0) is 7.05 Å². The number of benzene rings is 1. The zero-order valence-corrected chi connectivity index (χ0v) is 16.5. The Bertz CT molecular complexity index is 1260. The molecule has 1 saturated heterocycles. The minimum Gasteiger partial charge on any atom is -0.337 e. The number of nitrogens with zero attached hydrogens (tertiary/aromatic N) is 6. The number of aryl methyl sites for hydroxylation is 2. The standard InChI is InChI=1S/C21H19FN6O2/c1-12-24-20(30-26-12)19-4-3-7-28(19)21(29)16-9-17(13-10-23-27(2)11-13)25-18-8-14(22)5-6-15(16)18/h5-6,8-11,19H,3-4,7H2,1-2H3/t19-/m1/s1. The van der Waals surface area contributed by atoms with Crippen molar-refractivity contribution >= 4 is 16.8 Å². The Labute approximate surface area is 171 Å². The van der Waals surface area contributed by atoms with Gasteiger partial charge in [-0.15, -0.1) is 0 Å². The molecule has 0 aliphatic carbocycles. The minimum absolute atomic E-state index is 0.169. The quantitative estimate of drug-likeness (QED) is 0.518. The number of aromatic nitrogens is 5. The number of halogens is 1. The van der Waals surface area contributed by atoms with Gasteiger partial charge in [0.15, 0.2) is 5.82 Å². The topological polar surface area (TPSA) is 89.9 Å². The smallest absolute Gasteiger partial charge is 0.255 e. The number of rotatable bonds is 3. The van der Waals surface area contributed by atoms with Crippen LogP contribution in [0.2, 0.25) is 0 Å². The van der Waals surface area contributed by atoms with Crippen LogP contribution in [0.15, 0.2) is 41.2 Å². The molecule has 1 aliphatic heterocycles. The van der Waals surface area contributed by atoms with Gasteiger partial charge in [-0.25, -0.2) is 9.37 Å². The van der Waals surface area contributed by atoms with Gasteiger partial charge in [0, 0.05) is 36.8 Å². The first-order chi connectivity index (χ1) is 14.5. The van der Waals surface area contributed by atoms with Gasteiger partial charge in [-0.1, -0.05) is 5.16 Å². The van der Waals surface area contributed by atoms with Gasteiger partial charge in [0.2, 0.25) is 5.89 Å². The number of fused-ring (bicyclic) bond motifs is 1. The summed E-state index contributed by atoms with van der Waals surface area (Å²) < 4.78 is 20.9. The van der Waals surface area contributed by atoms with Crippen molar-refractivity contribution in [2.45, 2.75) is 25.8 Å². The third-order valence-electron chi connectivity index (χ3n) is 5.34.